The normalized spacial score (nSPS) is 17.0. The van der Waals surface area contributed by atoms with Crippen LogP contribution in [0.5, 0.6) is 0 Å². The molecule has 0 fully saturated rings. The van der Waals surface area contributed by atoms with E-state index in [4.69, 9.17) is 10.8 Å². The van der Waals surface area contributed by atoms with Crippen molar-refractivity contribution in [1.82, 2.24) is 0 Å². The van der Waals surface area contributed by atoms with Crippen molar-refractivity contribution < 1.29 is 19.4 Å². The molecule has 0 aromatic heterocycles. The largest absolute Gasteiger partial charge is 0.481 e. The zero-order valence-electron chi connectivity index (χ0n) is 8.93. The summed E-state index contributed by atoms with van der Waals surface area (Å²) in [6, 6.07) is 0. The molecule has 0 aromatic rings. The molecular formula is C9H19NO4P. The molecule has 0 aliphatic carbocycles. The fourth-order valence-corrected chi connectivity index (χ4v) is 3.12. The van der Waals surface area contributed by atoms with Crippen LogP contribution in [0.3, 0.4) is 0 Å². The molecule has 0 aliphatic rings. The molecule has 15 heavy (non-hydrogen) atoms. The molecule has 89 valence electrons. The monoisotopic (exact) mass is 236 g/mol. The highest BCUT2D eigenvalue weighted by Crippen LogP contribution is 2.43. The summed E-state index contributed by atoms with van der Waals surface area (Å²) in [5, 5.41) is 8.83. The van der Waals surface area contributed by atoms with Gasteiger partial charge in [0.1, 0.15) is 0 Å². The molecule has 0 saturated carbocycles. The fraction of sp³-hybridized carbons (Fsp3) is 0.778. The summed E-state index contributed by atoms with van der Waals surface area (Å²) in [5.41, 5.74) is 5.11. The predicted molar refractivity (Wildman–Crippen MR) is 58.7 cm³/mol. The minimum atomic E-state index is -3.34. The summed E-state index contributed by atoms with van der Waals surface area (Å²) >= 11 is 0. The van der Waals surface area contributed by atoms with Crippen LogP contribution in [-0.4, -0.2) is 28.3 Å². The first kappa shape index (κ1) is 14.6. The van der Waals surface area contributed by atoms with Gasteiger partial charge in [-0.25, -0.2) is 0 Å². The third kappa shape index (κ3) is 6.66. The Morgan fingerprint density at radius 2 is 2.20 bits per heavy atom. The van der Waals surface area contributed by atoms with Crippen LogP contribution in [0.15, 0.2) is 0 Å². The molecule has 0 rings (SSSR count). The van der Waals surface area contributed by atoms with E-state index in [0.29, 0.717) is 19.3 Å². The Bertz CT molecular complexity index is 244. The molecule has 0 spiro atoms. The van der Waals surface area contributed by atoms with Crippen LogP contribution >= 0.6 is 7.37 Å². The Morgan fingerprint density at radius 1 is 1.60 bits per heavy atom. The van der Waals surface area contributed by atoms with Crippen molar-refractivity contribution in [2.75, 3.05) is 12.3 Å². The Kier molecular flexibility index (Phi) is 6.81. The van der Waals surface area contributed by atoms with E-state index in [-0.39, 0.29) is 12.3 Å². The smallest absolute Gasteiger partial charge is 0.307 e. The van der Waals surface area contributed by atoms with Gasteiger partial charge in [-0.1, -0.05) is 13.3 Å². The molecule has 0 aromatic carbocycles. The van der Waals surface area contributed by atoms with Crippen LogP contribution in [0.2, 0.25) is 0 Å². The van der Waals surface area contributed by atoms with Gasteiger partial charge in [0.2, 0.25) is 7.37 Å². The van der Waals surface area contributed by atoms with Gasteiger partial charge in [0.05, 0.1) is 5.92 Å². The van der Waals surface area contributed by atoms with Gasteiger partial charge in [0, 0.05) is 18.9 Å². The average Bonchev–Trinajstić information content (AvgIpc) is 2.14. The summed E-state index contributed by atoms with van der Waals surface area (Å²) < 4.78 is 11.6. The second kappa shape index (κ2) is 6.99. The topological polar surface area (TPSA) is 101 Å². The van der Waals surface area contributed by atoms with E-state index in [2.05, 4.69) is 0 Å². The molecule has 6 heteroatoms. The third-order valence-corrected chi connectivity index (χ3v) is 4.11. The molecule has 0 saturated heterocycles. The van der Waals surface area contributed by atoms with E-state index in [9.17, 15) is 14.3 Å². The predicted octanol–water partition coefficient (Wildman–Crippen LogP) is 1.27. The highest BCUT2D eigenvalue weighted by molar-refractivity contribution is 7.58. The van der Waals surface area contributed by atoms with Crippen molar-refractivity contribution >= 4 is 13.3 Å². The van der Waals surface area contributed by atoms with Crippen molar-refractivity contribution in [3.05, 3.63) is 6.54 Å². The standard InChI is InChI=1S/C9H19NO4P/c1-2-4-8(9(11)12)7-15(13,14)6-3-5-10/h5,8H,2-4,6-7,10H2,1H3,(H,11,12)(H,13,14). The van der Waals surface area contributed by atoms with Crippen LogP contribution in [0.25, 0.3) is 0 Å². The van der Waals surface area contributed by atoms with E-state index < -0.39 is 19.3 Å². The Hall–Kier alpha value is -0.380. The van der Waals surface area contributed by atoms with Crippen molar-refractivity contribution in [2.45, 2.75) is 26.2 Å². The van der Waals surface area contributed by atoms with Gasteiger partial charge in [0.25, 0.3) is 0 Å². The van der Waals surface area contributed by atoms with Gasteiger partial charge in [-0.3, -0.25) is 9.36 Å². The van der Waals surface area contributed by atoms with Gasteiger partial charge >= 0.3 is 5.97 Å². The molecule has 0 aliphatic heterocycles. The van der Waals surface area contributed by atoms with Crippen molar-refractivity contribution in [3.63, 3.8) is 0 Å². The second-order valence-corrected chi connectivity index (χ2v) is 6.11. The van der Waals surface area contributed by atoms with Crippen LogP contribution in [-0.2, 0) is 9.36 Å². The lowest BCUT2D eigenvalue weighted by atomic mass is 10.1. The first-order valence-corrected chi connectivity index (χ1v) is 7.03. The molecule has 2 unspecified atom stereocenters. The lowest BCUT2D eigenvalue weighted by molar-refractivity contribution is -0.141. The maximum Gasteiger partial charge on any atom is 0.307 e. The summed E-state index contributed by atoms with van der Waals surface area (Å²) in [4.78, 5) is 20.3. The first-order valence-electron chi connectivity index (χ1n) is 5.00. The molecule has 4 N–H and O–H groups in total. The Morgan fingerprint density at radius 3 is 2.60 bits per heavy atom. The van der Waals surface area contributed by atoms with Gasteiger partial charge in [-0.05, 0) is 12.8 Å². The van der Waals surface area contributed by atoms with E-state index in [1.165, 1.54) is 6.54 Å². The molecule has 1 radical (unpaired) electrons. The number of rotatable bonds is 8. The zero-order valence-corrected chi connectivity index (χ0v) is 9.82. The SMILES string of the molecule is CCCC(CP(=O)(O)CC[CH]N)C(=O)O. The van der Waals surface area contributed by atoms with Gasteiger partial charge in [-0.15, -0.1) is 0 Å². The molecule has 0 bridgehead atoms. The number of carboxylic acid groups (broad SMARTS) is 1. The second-order valence-electron chi connectivity index (χ2n) is 3.60. The van der Waals surface area contributed by atoms with Crippen LogP contribution < -0.4 is 5.73 Å². The molecular weight excluding hydrogens is 217 g/mol. The molecule has 0 amide bonds. The van der Waals surface area contributed by atoms with Crippen LogP contribution in [0.4, 0.5) is 0 Å². The molecule has 5 nitrogen and oxygen atoms in total. The van der Waals surface area contributed by atoms with Gasteiger partial charge in [-0.2, -0.15) is 0 Å². The summed E-state index contributed by atoms with van der Waals surface area (Å²) in [5.74, 6) is -1.72. The maximum atomic E-state index is 11.6. The number of hydrogen-bond donors (Lipinski definition) is 3. The molecule has 2 atom stereocenters. The van der Waals surface area contributed by atoms with E-state index in [0.717, 1.165) is 0 Å². The van der Waals surface area contributed by atoms with Gasteiger partial charge < -0.3 is 15.7 Å². The Labute approximate surface area is 90.1 Å². The number of carbonyl (C=O) groups is 1. The highest BCUT2D eigenvalue weighted by atomic mass is 31.2. The minimum absolute atomic E-state index is 0.0665. The number of nitrogens with two attached hydrogens (primary N) is 1. The zero-order chi connectivity index (χ0) is 11.9. The highest BCUT2D eigenvalue weighted by Gasteiger charge is 2.27. The number of hydrogen-bond acceptors (Lipinski definition) is 3. The van der Waals surface area contributed by atoms with Crippen molar-refractivity contribution in [3.8, 4) is 0 Å². The van der Waals surface area contributed by atoms with E-state index in [1.54, 1.807) is 0 Å². The average molecular weight is 236 g/mol. The quantitative estimate of drug-likeness (QED) is 0.551. The lowest BCUT2D eigenvalue weighted by Gasteiger charge is -2.16. The van der Waals surface area contributed by atoms with Gasteiger partial charge in [0.15, 0.2) is 0 Å². The maximum absolute atomic E-state index is 11.6. The lowest BCUT2D eigenvalue weighted by Crippen LogP contribution is -2.18. The van der Waals surface area contributed by atoms with E-state index in [1.807, 2.05) is 6.92 Å². The van der Waals surface area contributed by atoms with E-state index >= 15 is 0 Å². The summed E-state index contributed by atoms with van der Waals surface area (Å²) in [6.45, 7) is 3.17. The van der Waals surface area contributed by atoms with Crippen molar-refractivity contribution in [1.29, 1.82) is 0 Å². The first-order chi connectivity index (χ1) is 6.93. The number of aliphatic carboxylic acids is 1. The summed E-state index contributed by atoms with van der Waals surface area (Å²) in [6.07, 6.45) is 1.39. The fourth-order valence-electron chi connectivity index (χ4n) is 1.35. The van der Waals surface area contributed by atoms with Crippen LogP contribution in [0, 0.1) is 12.5 Å². The van der Waals surface area contributed by atoms with Crippen molar-refractivity contribution in [2.24, 2.45) is 11.7 Å². The number of carboxylic acids is 1. The third-order valence-electron chi connectivity index (χ3n) is 2.14. The summed E-state index contributed by atoms with van der Waals surface area (Å²) in [7, 11) is -3.34. The Balaban J connectivity index is 4.25. The minimum Gasteiger partial charge on any atom is -0.481 e. The molecule has 0 heterocycles. The van der Waals surface area contributed by atoms with Crippen LogP contribution in [0.1, 0.15) is 26.2 Å².